The molecule has 2 heterocycles. The average molecular weight is 390 g/mol. The standard InChI is InChI=1S/C19H24F2N6O/c1-19(2,28-16-11-14(20)10-15(21)12-16)13-25-17(22)26-6-8-27(9-7-26)18-23-4-3-5-24-18/h3-5,10-12H,6-9,13H2,1-2H3,(H2,22,25). The number of rotatable bonds is 5. The molecule has 0 unspecified atom stereocenters. The molecule has 0 aliphatic carbocycles. The maximum absolute atomic E-state index is 13.3. The molecule has 0 spiro atoms. The minimum Gasteiger partial charge on any atom is -0.486 e. The van der Waals surface area contributed by atoms with Gasteiger partial charge in [-0.15, -0.1) is 0 Å². The van der Waals surface area contributed by atoms with Gasteiger partial charge in [0.25, 0.3) is 0 Å². The third-order valence-corrected chi connectivity index (χ3v) is 4.29. The minimum absolute atomic E-state index is 0.118. The second kappa shape index (κ2) is 8.37. The number of halogens is 2. The second-order valence-electron chi connectivity index (χ2n) is 7.16. The lowest BCUT2D eigenvalue weighted by atomic mass is 10.1. The number of anilines is 1. The number of ether oxygens (including phenoxy) is 1. The molecule has 0 bridgehead atoms. The molecule has 2 N–H and O–H groups in total. The van der Waals surface area contributed by atoms with E-state index in [9.17, 15) is 8.78 Å². The zero-order valence-electron chi connectivity index (χ0n) is 16.0. The Kier molecular flexibility index (Phi) is 5.91. The van der Waals surface area contributed by atoms with Crippen LogP contribution in [0.1, 0.15) is 13.8 Å². The summed E-state index contributed by atoms with van der Waals surface area (Å²) in [4.78, 5) is 17.0. The quantitative estimate of drug-likeness (QED) is 0.622. The molecule has 1 aliphatic heterocycles. The molecule has 7 nitrogen and oxygen atoms in total. The van der Waals surface area contributed by atoms with Gasteiger partial charge < -0.3 is 20.3 Å². The van der Waals surface area contributed by atoms with Crippen molar-refractivity contribution in [1.29, 1.82) is 0 Å². The van der Waals surface area contributed by atoms with E-state index < -0.39 is 17.2 Å². The van der Waals surface area contributed by atoms with Crippen LogP contribution < -0.4 is 15.4 Å². The zero-order valence-corrected chi connectivity index (χ0v) is 16.0. The van der Waals surface area contributed by atoms with Gasteiger partial charge in [-0.2, -0.15) is 0 Å². The van der Waals surface area contributed by atoms with Crippen molar-refractivity contribution < 1.29 is 13.5 Å². The molecule has 0 amide bonds. The van der Waals surface area contributed by atoms with Crippen LogP contribution in [0.4, 0.5) is 14.7 Å². The summed E-state index contributed by atoms with van der Waals surface area (Å²) < 4.78 is 32.3. The van der Waals surface area contributed by atoms with Gasteiger partial charge in [-0.05, 0) is 19.9 Å². The van der Waals surface area contributed by atoms with Crippen molar-refractivity contribution in [1.82, 2.24) is 14.9 Å². The number of aliphatic imine (C=N–C) groups is 1. The molecule has 1 aliphatic rings. The van der Waals surface area contributed by atoms with Crippen LogP contribution >= 0.6 is 0 Å². The monoisotopic (exact) mass is 390 g/mol. The summed E-state index contributed by atoms with van der Waals surface area (Å²) >= 11 is 0. The van der Waals surface area contributed by atoms with Gasteiger partial charge >= 0.3 is 0 Å². The number of hydrogen-bond acceptors (Lipinski definition) is 5. The van der Waals surface area contributed by atoms with Crippen LogP contribution in [-0.2, 0) is 0 Å². The molecule has 1 saturated heterocycles. The number of piperazine rings is 1. The third kappa shape index (κ3) is 5.28. The number of guanidine groups is 1. The summed E-state index contributed by atoms with van der Waals surface area (Å²) in [5.41, 5.74) is 5.36. The number of hydrogen-bond donors (Lipinski definition) is 1. The summed E-state index contributed by atoms with van der Waals surface area (Å²) in [6.45, 7) is 6.70. The molecule has 3 rings (SSSR count). The predicted octanol–water partition coefficient (Wildman–Crippen LogP) is 2.05. The zero-order chi connectivity index (χ0) is 20.1. The van der Waals surface area contributed by atoms with Gasteiger partial charge in [-0.25, -0.2) is 23.7 Å². The van der Waals surface area contributed by atoms with Crippen molar-refractivity contribution in [2.24, 2.45) is 10.7 Å². The van der Waals surface area contributed by atoms with Crippen LogP contribution in [0, 0.1) is 11.6 Å². The maximum atomic E-state index is 13.3. The summed E-state index contributed by atoms with van der Waals surface area (Å²) in [5.74, 6) is -0.138. The Morgan fingerprint density at radius 3 is 2.32 bits per heavy atom. The van der Waals surface area contributed by atoms with Crippen LogP contribution in [0.25, 0.3) is 0 Å². The van der Waals surface area contributed by atoms with Crippen molar-refractivity contribution in [3.05, 3.63) is 48.3 Å². The van der Waals surface area contributed by atoms with Crippen molar-refractivity contribution in [3.63, 3.8) is 0 Å². The van der Waals surface area contributed by atoms with Crippen molar-refractivity contribution in [2.45, 2.75) is 19.4 Å². The van der Waals surface area contributed by atoms with Gasteiger partial charge in [0.05, 0.1) is 6.54 Å². The van der Waals surface area contributed by atoms with E-state index in [4.69, 9.17) is 10.5 Å². The van der Waals surface area contributed by atoms with Gasteiger partial charge in [0.1, 0.15) is 23.0 Å². The Bertz CT molecular complexity index is 802. The fraction of sp³-hybridized carbons (Fsp3) is 0.421. The lowest BCUT2D eigenvalue weighted by Gasteiger charge is -2.35. The Labute approximate surface area is 162 Å². The molecule has 0 atom stereocenters. The summed E-state index contributed by atoms with van der Waals surface area (Å²) in [6.07, 6.45) is 3.44. The van der Waals surface area contributed by atoms with Crippen molar-refractivity contribution in [3.8, 4) is 5.75 Å². The van der Waals surface area contributed by atoms with E-state index in [0.717, 1.165) is 31.3 Å². The number of nitrogens with two attached hydrogens (primary N) is 1. The number of aromatic nitrogens is 2. The largest absolute Gasteiger partial charge is 0.486 e. The predicted molar refractivity (Wildman–Crippen MR) is 103 cm³/mol. The molecule has 1 fully saturated rings. The Hall–Kier alpha value is -2.97. The molecule has 0 radical (unpaired) electrons. The second-order valence-corrected chi connectivity index (χ2v) is 7.16. The fourth-order valence-electron chi connectivity index (χ4n) is 2.90. The maximum Gasteiger partial charge on any atom is 0.225 e. The first-order chi connectivity index (χ1) is 13.3. The van der Waals surface area contributed by atoms with Crippen LogP contribution in [-0.4, -0.2) is 59.2 Å². The highest BCUT2D eigenvalue weighted by Crippen LogP contribution is 2.21. The molecule has 150 valence electrons. The third-order valence-electron chi connectivity index (χ3n) is 4.29. The summed E-state index contributed by atoms with van der Waals surface area (Å²) in [5, 5.41) is 0. The van der Waals surface area contributed by atoms with E-state index in [-0.39, 0.29) is 12.3 Å². The van der Waals surface area contributed by atoms with E-state index in [1.165, 1.54) is 0 Å². The van der Waals surface area contributed by atoms with Crippen LogP contribution in [0.15, 0.2) is 41.7 Å². The minimum atomic E-state index is -0.773. The molecule has 1 aromatic carbocycles. The van der Waals surface area contributed by atoms with Gasteiger partial charge in [-0.1, -0.05) is 0 Å². The molecule has 9 heteroatoms. The van der Waals surface area contributed by atoms with E-state index in [1.807, 2.05) is 4.90 Å². The van der Waals surface area contributed by atoms with Gasteiger partial charge in [0.15, 0.2) is 5.96 Å². The molecular formula is C19H24F2N6O. The Balaban J connectivity index is 1.55. The van der Waals surface area contributed by atoms with Gasteiger partial charge in [0, 0.05) is 56.8 Å². The van der Waals surface area contributed by atoms with Gasteiger partial charge in [-0.3, -0.25) is 0 Å². The molecule has 0 saturated carbocycles. The van der Waals surface area contributed by atoms with Crippen LogP contribution in [0.3, 0.4) is 0 Å². The fourth-order valence-corrected chi connectivity index (χ4v) is 2.90. The highest BCUT2D eigenvalue weighted by molar-refractivity contribution is 5.78. The first kappa shape index (κ1) is 19.8. The highest BCUT2D eigenvalue weighted by atomic mass is 19.1. The van der Waals surface area contributed by atoms with E-state index in [2.05, 4.69) is 19.9 Å². The SMILES string of the molecule is CC(C)(CN=C(N)N1CCN(c2ncccn2)CC1)Oc1cc(F)cc(F)c1. The van der Waals surface area contributed by atoms with Crippen LogP contribution in [0.5, 0.6) is 5.75 Å². The molecule has 2 aromatic rings. The Morgan fingerprint density at radius 1 is 1.11 bits per heavy atom. The summed E-state index contributed by atoms with van der Waals surface area (Å²) in [6, 6.07) is 4.87. The average Bonchev–Trinajstić information content (AvgIpc) is 2.66. The molecule has 28 heavy (non-hydrogen) atoms. The number of nitrogens with zero attached hydrogens (tertiary/aromatic N) is 5. The number of benzene rings is 1. The van der Waals surface area contributed by atoms with E-state index in [0.29, 0.717) is 25.0 Å². The lowest BCUT2D eigenvalue weighted by Crippen LogP contribution is -2.52. The molecule has 1 aromatic heterocycles. The summed E-state index contributed by atoms with van der Waals surface area (Å²) in [7, 11) is 0. The van der Waals surface area contributed by atoms with Crippen molar-refractivity contribution >= 4 is 11.9 Å². The Morgan fingerprint density at radius 2 is 1.71 bits per heavy atom. The van der Waals surface area contributed by atoms with Crippen molar-refractivity contribution in [2.75, 3.05) is 37.6 Å². The van der Waals surface area contributed by atoms with E-state index >= 15 is 0 Å². The topological polar surface area (TPSA) is 79.9 Å². The van der Waals surface area contributed by atoms with E-state index in [1.54, 1.807) is 32.3 Å². The molecular weight excluding hydrogens is 366 g/mol. The van der Waals surface area contributed by atoms with Gasteiger partial charge in [0.2, 0.25) is 5.95 Å². The first-order valence-electron chi connectivity index (χ1n) is 9.04. The first-order valence-corrected chi connectivity index (χ1v) is 9.04. The normalized spacial score (nSPS) is 15.6. The smallest absolute Gasteiger partial charge is 0.225 e. The highest BCUT2D eigenvalue weighted by Gasteiger charge is 2.23. The van der Waals surface area contributed by atoms with Crippen LogP contribution in [0.2, 0.25) is 0 Å². The lowest BCUT2D eigenvalue weighted by molar-refractivity contribution is 0.118.